The van der Waals surface area contributed by atoms with E-state index in [2.05, 4.69) is 15.2 Å². The normalized spacial score (nSPS) is 11.2. The molecule has 0 saturated carbocycles. The molecule has 4 rings (SSSR count). The minimum atomic E-state index is 0.163. The molecule has 2 aromatic heterocycles. The van der Waals surface area contributed by atoms with Gasteiger partial charge in [-0.25, -0.2) is 0 Å². The third-order valence-electron chi connectivity index (χ3n) is 3.62. The van der Waals surface area contributed by atoms with Crippen molar-refractivity contribution in [3.63, 3.8) is 0 Å². The van der Waals surface area contributed by atoms with Gasteiger partial charge in [-0.1, -0.05) is 30.3 Å². The summed E-state index contributed by atoms with van der Waals surface area (Å²) >= 11 is 0. The number of aromatic nitrogens is 3. The van der Waals surface area contributed by atoms with Gasteiger partial charge in [0.15, 0.2) is 5.82 Å². The van der Waals surface area contributed by atoms with Gasteiger partial charge in [-0.2, -0.15) is 0 Å². The lowest BCUT2D eigenvalue weighted by molar-refractivity contribution is 0.477. The van der Waals surface area contributed by atoms with Crippen LogP contribution in [0.2, 0.25) is 0 Å². The Kier molecular flexibility index (Phi) is 2.35. The molecule has 2 aromatic carbocycles. The summed E-state index contributed by atoms with van der Waals surface area (Å²) in [5, 5.41) is 20.1. The van der Waals surface area contributed by atoms with Crippen LogP contribution < -0.4 is 5.73 Å². The average molecular weight is 276 g/mol. The second-order valence-electron chi connectivity index (χ2n) is 4.87. The Hall–Kier alpha value is -3.08. The number of aromatic amines is 1. The lowest BCUT2D eigenvalue weighted by Crippen LogP contribution is -1.96. The Labute approximate surface area is 120 Å². The number of nitrogens with two attached hydrogens (primary N) is 1. The number of hydrogen-bond acceptors (Lipinski definition) is 4. The maximum Gasteiger partial charge on any atom is 0.156 e. The van der Waals surface area contributed by atoms with Crippen LogP contribution in [0.15, 0.2) is 48.5 Å². The van der Waals surface area contributed by atoms with Crippen LogP contribution in [0.3, 0.4) is 0 Å². The molecule has 0 radical (unpaired) electrons. The molecule has 0 aliphatic rings. The van der Waals surface area contributed by atoms with Gasteiger partial charge in [0, 0.05) is 16.5 Å². The standard InChI is InChI=1S/C16H12N4O/c17-16-13-9-5-1-3-7-11(9)18-15(13)14(19-20-16)10-6-2-4-8-12(10)21/h1-8,18,21H,(H2,17,20). The van der Waals surface area contributed by atoms with Crippen molar-refractivity contribution in [1.82, 2.24) is 15.2 Å². The third-order valence-corrected chi connectivity index (χ3v) is 3.62. The summed E-state index contributed by atoms with van der Waals surface area (Å²) in [7, 11) is 0. The fraction of sp³-hybridized carbons (Fsp3) is 0. The van der Waals surface area contributed by atoms with Crippen LogP contribution in [0.25, 0.3) is 33.1 Å². The number of hydrogen-bond donors (Lipinski definition) is 3. The minimum absolute atomic E-state index is 0.163. The fourth-order valence-corrected chi connectivity index (χ4v) is 2.65. The first-order valence-electron chi connectivity index (χ1n) is 6.56. The summed E-state index contributed by atoms with van der Waals surface area (Å²) in [4.78, 5) is 3.32. The van der Waals surface area contributed by atoms with Crippen molar-refractivity contribution in [3.8, 4) is 17.0 Å². The number of rotatable bonds is 1. The van der Waals surface area contributed by atoms with Crippen LogP contribution in [0, 0.1) is 0 Å². The van der Waals surface area contributed by atoms with Crippen LogP contribution in [-0.2, 0) is 0 Å². The highest BCUT2D eigenvalue weighted by Gasteiger charge is 2.16. The predicted octanol–water partition coefficient (Wildman–Crippen LogP) is 3.07. The number of phenolic OH excluding ortho intramolecular Hbond substituents is 1. The van der Waals surface area contributed by atoms with Crippen LogP contribution in [0.5, 0.6) is 5.75 Å². The maximum atomic E-state index is 10.1. The van der Waals surface area contributed by atoms with Crippen molar-refractivity contribution in [1.29, 1.82) is 0 Å². The summed E-state index contributed by atoms with van der Waals surface area (Å²) < 4.78 is 0. The van der Waals surface area contributed by atoms with Gasteiger partial charge in [-0.15, -0.1) is 10.2 Å². The van der Waals surface area contributed by atoms with Crippen molar-refractivity contribution in [2.45, 2.75) is 0 Å². The zero-order chi connectivity index (χ0) is 14.4. The highest BCUT2D eigenvalue weighted by atomic mass is 16.3. The molecule has 0 bridgehead atoms. The molecule has 0 spiro atoms. The number of H-pyrrole nitrogens is 1. The molecule has 0 aliphatic carbocycles. The van der Waals surface area contributed by atoms with Crippen LogP contribution in [-0.4, -0.2) is 20.3 Å². The number of nitrogen functional groups attached to an aromatic ring is 1. The highest BCUT2D eigenvalue weighted by Crippen LogP contribution is 2.36. The van der Waals surface area contributed by atoms with Crippen LogP contribution >= 0.6 is 0 Å². The molecule has 4 N–H and O–H groups in total. The summed E-state index contributed by atoms with van der Waals surface area (Å²) in [6, 6.07) is 14.9. The number of phenols is 1. The lowest BCUT2D eigenvalue weighted by Gasteiger charge is -2.05. The molecule has 0 unspecified atom stereocenters. The number of nitrogens with zero attached hydrogens (tertiary/aromatic N) is 2. The molecular formula is C16H12N4O. The van der Waals surface area contributed by atoms with Gasteiger partial charge in [-0.05, 0) is 18.2 Å². The molecule has 0 fully saturated rings. The molecule has 21 heavy (non-hydrogen) atoms. The maximum absolute atomic E-state index is 10.1. The lowest BCUT2D eigenvalue weighted by atomic mass is 10.1. The van der Waals surface area contributed by atoms with E-state index in [0.717, 1.165) is 21.8 Å². The van der Waals surface area contributed by atoms with Crippen LogP contribution in [0.1, 0.15) is 0 Å². The van der Waals surface area contributed by atoms with Crippen molar-refractivity contribution in [2.75, 3.05) is 5.73 Å². The van der Waals surface area contributed by atoms with E-state index < -0.39 is 0 Å². The van der Waals surface area contributed by atoms with Gasteiger partial charge < -0.3 is 15.8 Å². The predicted molar refractivity (Wildman–Crippen MR) is 82.9 cm³/mol. The number of aromatic hydroxyl groups is 1. The van der Waals surface area contributed by atoms with Gasteiger partial charge in [0.05, 0.1) is 10.9 Å². The molecule has 2 heterocycles. The Balaban J connectivity index is 2.17. The first kappa shape index (κ1) is 11.7. The van der Waals surface area contributed by atoms with E-state index in [1.807, 2.05) is 30.3 Å². The molecule has 0 atom stereocenters. The van der Waals surface area contributed by atoms with E-state index in [9.17, 15) is 5.11 Å². The van der Waals surface area contributed by atoms with Gasteiger partial charge in [0.1, 0.15) is 11.4 Å². The molecule has 0 saturated heterocycles. The first-order chi connectivity index (χ1) is 10.3. The topological polar surface area (TPSA) is 87.8 Å². The molecule has 4 aromatic rings. The third kappa shape index (κ3) is 1.64. The number of para-hydroxylation sites is 2. The van der Waals surface area contributed by atoms with Gasteiger partial charge in [-0.3, -0.25) is 0 Å². The van der Waals surface area contributed by atoms with Crippen LogP contribution in [0.4, 0.5) is 5.82 Å². The zero-order valence-electron chi connectivity index (χ0n) is 11.0. The summed E-state index contributed by atoms with van der Waals surface area (Å²) in [6.45, 7) is 0. The first-order valence-corrected chi connectivity index (χ1v) is 6.56. The second kappa shape index (κ2) is 4.21. The summed E-state index contributed by atoms with van der Waals surface area (Å²) in [5.41, 5.74) is 8.96. The van der Waals surface area contributed by atoms with E-state index in [0.29, 0.717) is 17.1 Å². The Bertz CT molecular complexity index is 975. The zero-order valence-corrected chi connectivity index (χ0v) is 11.0. The monoisotopic (exact) mass is 276 g/mol. The molecule has 5 heteroatoms. The Morgan fingerprint density at radius 2 is 1.71 bits per heavy atom. The highest BCUT2D eigenvalue weighted by molar-refractivity contribution is 6.15. The minimum Gasteiger partial charge on any atom is -0.507 e. The number of benzene rings is 2. The Morgan fingerprint density at radius 3 is 2.57 bits per heavy atom. The Morgan fingerprint density at radius 1 is 0.952 bits per heavy atom. The van der Waals surface area contributed by atoms with Crippen molar-refractivity contribution >= 4 is 27.6 Å². The van der Waals surface area contributed by atoms with Crippen molar-refractivity contribution in [2.24, 2.45) is 0 Å². The number of fused-ring (bicyclic) bond motifs is 3. The average Bonchev–Trinajstić information content (AvgIpc) is 2.89. The molecule has 5 nitrogen and oxygen atoms in total. The van der Waals surface area contributed by atoms with E-state index >= 15 is 0 Å². The quantitative estimate of drug-likeness (QED) is 0.498. The van der Waals surface area contributed by atoms with Gasteiger partial charge in [0.25, 0.3) is 0 Å². The molecule has 102 valence electrons. The summed E-state index contributed by atoms with van der Waals surface area (Å²) in [6.07, 6.45) is 0. The summed E-state index contributed by atoms with van der Waals surface area (Å²) in [5.74, 6) is 0.540. The second-order valence-corrected chi connectivity index (χ2v) is 4.87. The molecule has 0 aliphatic heterocycles. The van der Waals surface area contributed by atoms with E-state index in [4.69, 9.17) is 5.73 Å². The van der Waals surface area contributed by atoms with Gasteiger partial charge in [0.2, 0.25) is 0 Å². The smallest absolute Gasteiger partial charge is 0.156 e. The number of anilines is 1. The van der Waals surface area contributed by atoms with Gasteiger partial charge >= 0.3 is 0 Å². The van der Waals surface area contributed by atoms with Crippen molar-refractivity contribution in [3.05, 3.63) is 48.5 Å². The SMILES string of the molecule is Nc1nnc(-c2ccccc2O)c2[nH]c3ccccc3c12. The van der Waals surface area contributed by atoms with E-state index in [1.165, 1.54) is 0 Å². The number of nitrogens with one attached hydrogen (secondary N) is 1. The fourth-order valence-electron chi connectivity index (χ4n) is 2.65. The van der Waals surface area contributed by atoms with E-state index in [1.54, 1.807) is 18.2 Å². The molecule has 0 amide bonds. The van der Waals surface area contributed by atoms with Crippen molar-refractivity contribution < 1.29 is 5.11 Å². The van der Waals surface area contributed by atoms with E-state index in [-0.39, 0.29) is 5.75 Å². The largest absolute Gasteiger partial charge is 0.507 e. The molecular weight excluding hydrogens is 264 g/mol.